The molecule has 1 aromatic heterocycles. The number of nitrogens with zero attached hydrogens (tertiary/aromatic N) is 3. The number of carbonyl (C=O) groups is 1. The van der Waals surface area contributed by atoms with E-state index in [0.717, 1.165) is 11.3 Å². The average Bonchev–Trinajstić information content (AvgIpc) is 3.15. The van der Waals surface area contributed by atoms with Gasteiger partial charge in [-0.2, -0.15) is 0 Å². The van der Waals surface area contributed by atoms with Gasteiger partial charge in [0.2, 0.25) is 0 Å². The van der Waals surface area contributed by atoms with Crippen LogP contribution in [0.4, 0.5) is 5.69 Å². The van der Waals surface area contributed by atoms with Gasteiger partial charge in [0, 0.05) is 43.7 Å². The van der Waals surface area contributed by atoms with Crippen molar-refractivity contribution in [2.24, 2.45) is 0 Å². The van der Waals surface area contributed by atoms with Crippen LogP contribution in [0.15, 0.2) is 61.1 Å². The smallest absolute Gasteiger partial charge is 0.336 e. The number of imidazole rings is 1. The molecule has 0 spiro atoms. The summed E-state index contributed by atoms with van der Waals surface area (Å²) >= 11 is 0. The van der Waals surface area contributed by atoms with Gasteiger partial charge >= 0.3 is 5.97 Å². The van der Waals surface area contributed by atoms with Crippen LogP contribution in [0, 0.1) is 10.1 Å². The van der Waals surface area contributed by atoms with Crippen LogP contribution in [0.3, 0.4) is 0 Å². The lowest BCUT2D eigenvalue weighted by Gasteiger charge is -2.22. The van der Waals surface area contributed by atoms with E-state index < -0.39 is 10.9 Å². The van der Waals surface area contributed by atoms with E-state index in [1.54, 1.807) is 42.9 Å². The number of rotatable bonds is 8. The molecule has 0 atom stereocenters. The molecular weight excluding hydrogens is 348 g/mol. The molecule has 0 saturated heterocycles. The number of nitrogens with one attached hydrogen (secondary N) is 1. The monoisotopic (exact) mass is 366 g/mol. The van der Waals surface area contributed by atoms with Crippen molar-refractivity contribution in [3.05, 3.63) is 93.6 Å². The Bertz CT molecular complexity index is 923. The summed E-state index contributed by atoms with van der Waals surface area (Å²) in [7, 11) is 0. The van der Waals surface area contributed by atoms with Crippen LogP contribution < -0.4 is 0 Å². The summed E-state index contributed by atoms with van der Waals surface area (Å²) in [6, 6.07) is 13.2. The summed E-state index contributed by atoms with van der Waals surface area (Å²) in [6.07, 6.45) is 3.30. The quantitative estimate of drug-likeness (QED) is 0.467. The zero-order chi connectivity index (χ0) is 19.2. The van der Waals surface area contributed by atoms with Crippen molar-refractivity contribution in [1.29, 1.82) is 0 Å². The van der Waals surface area contributed by atoms with Crippen LogP contribution in [0.5, 0.6) is 0 Å². The minimum Gasteiger partial charge on any atom is -0.478 e. The Morgan fingerprint density at radius 3 is 2.48 bits per heavy atom. The Hall–Kier alpha value is -3.52. The van der Waals surface area contributed by atoms with Gasteiger partial charge in [-0.15, -0.1) is 0 Å². The number of aromatic nitrogens is 2. The number of benzene rings is 2. The Kier molecular flexibility index (Phi) is 5.58. The molecule has 0 bridgehead atoms. The van der Waals surface area contributed by atoms with Crippen LogP contribution in [-0.4, -0.2) is 30.9 Å². The maximum atomic E-state index is 11.5. The van der Waals surface area contributed by atoms with Crippen LogP contribution in [0.2, 0.25) is 0 Å². The normalized spacial score (nSPS) is 10.9. The Morgan fingerprint density at radius 1 is 1.11 bits per heavy atom. The van der Waals surface area contributed by atoms with Crippen LogP contribution in [0.25, 0.3) is 0 Å². The number of hydrogen-bond acceptors (Lipinski definition) is 5. The van der Waals surface area contributed by atoms with Crippen molar-refractivity contribution in [3.63, 3.8) is 0 Å². The molecule has 8 heteroatoms. The number of carboxylic acid groups (broad SMARTS) is 1. The zero-order valence-corrected chi connectivity index (χ0v) is 14.4. The maximum Gasteiger partial charge on any atom is 0.336 e. The summed E-state index contributed by atoms with van der Waals surface area (Å²) in [5.74, 6) is -0.970. The molecule has 0 aliphatic rings. The molecule has 0 amide bonds. The Morgan fingerprint density at radius 2 is 1.85 bits per heavy atom. The Labute approximate surface area is 155 Å². The number of hydrogen-bond donors (Lipinski definition) is 2. The van der Waals surface area contributed by atoms with Gasteiger partial charge in [-0.3, -0.25) is 15.0 Å². The standard InChI is InChI=1S/C19H18N4O4/c24-19(25)18-4-2-1-3-15(18)11-22(12-16-9-20-13-21-16)10-14-5-7-17(8-6-14)23(26)27/h1-9,13H,10-12H2,(H,20,21)(H,24,25). The van der Waals surface area contributed by atoms with E-state index in [-0.39, 0.29) is 11.3 Å². The first-order valence-corrected chi connectivity index (χ1v) is 8.27. The second kappa shape index (κ2) is 8.24. The van der Waals surface area contributed by atoms with Gasteiger partial charge in [0.1, 0.15) is 0 Å². The minimum atomic E-state index is -0.970. The van der Waals surface area contributed by atoms with Gasteiger partial charge in [-0.25, -0.2) is 9.78 Å². The van der Waals surface area contributed by atoms with Crippen molar-refractivity contribution in [2.45, 2.75) is 19.6 Å². The fraction of sp³-hybridized carbons (Fsp3) is 0.158. The average molecular weight is 366 g/mol. The third-order valence-corrected chi connectivity index (χ3v) is 4.14. The summed E-state index contributed by atoms with van der Waals surface area (Å²) in [4.78, 5) is 31.0. The molecule has 0 saturated carbocycles. The lowest BCUT2D eigenvalue weighted by Crippen LogP contribution is -2.23. The van der Waals surface area contributed by atoms with E-state index in [4.69, 9.17) is 0 Å². The number of carboxylic acids is 1. The van der Waals surface area contributed by atoms with Gasteiger partial charge in [0.05, 0.1) is 16.8 Å². The van der Waals surface area contributed by atoms with Crippen molar-refractivity contribution >= 4 is 11.7 Å². The molecule has 1 heterocycles. The predicted molar refractivity (Wildman–Crippen MR) is 98.0 cm³/mol. The van der Waals surface area contributed by atoms with Gasteiger partial charge in [-0.1, -0.05) is 30.3 Å². The molecule has 27 heavy (non-hydrogen) atoms. The van der Waals surface area contributed by atoms with Crippen LogP contribution in [0.1, 0.15) is 27.2 Å². The molecule has 8 nitrogen and oxygen atoms in total. The van der Waals surface area contributed by atoms with Gasteiger partial charge in [0.25, 0.3) is 5.69 Å². The van der Waals surface area contributed by atoms with Crippen molar-refractivity contribution in [1.82, 2.24) is 14.9 Å². The first kappa shape index (κ1) is 18.3. The highest BCUT2D eigenvalue weighted by Gasteiger charge is 2.15. The molecule has 2 aromatic carbocycles. The predicted octanol–water partition coefficient (Wildman–Crippen LogP) is 3.22. The fourth-order valence-corrected chi connectivity index (χ4v) is 2.87. The third kappa shape index (κ3) is 4.77. The highest BCUT2D eigenvalue weighted by atomic mass is 16.6. The number of non-ortho nitro benzene ring substituents is 1. The second-order valence-corrected chi connectivity index (χ2v) is 6.11. The summed E-state index contributed by atoms with van der Waals surface area (Å²) < 4.78 is 0. The number of nitro groups is 1. The van der Waals surface area contributed by atoms with E-state index in [2.05, 4.69) is 14.9 Å². The highest BCUT2D eigenvalue weighted by molar-refractivity contribution is 5.89. The summed E-state index contributed by atoms with van der Waals surface area (Å²) in [6.45, 7) is 1.45. The van der Waals surface area contributed by atoms with E-state index in [1.807, 2.05) is 6.07 Å². The number of nitro benzene ring substituents is 1. The second-order valence-electron chi connectivity index (χ2n) is 6.11. The topological polar surface area (TPSA) is 112 Å². The highest BCUT2D eigenvalue weighted by Crippen LogP contribution is 2.18. The van der Waals surface area contributed by atoms with Gasteiger partial charge < -0.3 is 10.1 Å². The van der Waals surface area contributed by atoms with Crippen molar-refractivity contribution < 1.29 is 14.8 Å². The van der Waals surface area contributed by atoms with Crippen LogP contribution >= 0.6 is 0 Å². The minimum absolute atomic E-state index is 0.0371. The van der Waals surface area contributed by atoms with Crippen molar-refractivity contribution in [3.8, 4) is 0 Å². The fourth-order valence-electron chi connectivity index (χ4n) is 2.87. The first-order valence-electron chi connectivity index (χ1n) is 8.27. The largest absolute Gasteiger partial charge is 0.478 e. The lowest BCUT2D eigenvalue weighted by atomic mass is 10.1. The molecular formula is C19H18N4O4. The van der Waals surface area contributed by atoms with Gasteiger partial charge in [0.15, 0.2) is 0 Å². The SMILES string of the molecule is O=C(O)c1ccccc1CN(Cc1ccc([N+](=O)[O-])cc1)Cc1cnc[nH]1. The Balaban J connectivity index is 1.83. The molecule has 2 N–H and O–H groups in total. The zero-order valence-electron chi connectivity index (χ0n) is 14.4. The molecule has 3 aromatic rings. The molecule has 0 aliphatic carbocycles. The van der Waals surface area contributed by atoms with Crippen LogP contribution in [-0.2, 0) is 19.6 Å². The van der Waals surface area contributed by atoms with E-state index >= 15 is 0 Å². The molecule has 0 aliphatic heterocycles. The first-order chi connectivity index (χ1) is 13.0. The number of aromatic amines is 1. The molecule has 138 valence electrons. The van der Waals surface area contributed by atoms with Gasteiger partial charge in [-0.05, 0) is 17.2 Å². The molecule has 0 radical (unpaired) electrons. The van der Waals surface area contributed by atoms with E-state index in [9.17, 15) is 20.0 Å². The van der Waals surface area contributed by atoms with Crippen molar-refractivity contribution in [2.75, 3.05) is 0 Å². The summed E-state index contributed by atoms with van der Waals surface area (Å²) in [5.41, 5.74) is 2.79. The molecule has 0 fully saturated rings. The molecule has 3 rings (SSSR count). The molecule has 0 unspecified atom stereocenters. The third-order valence-electron chi connectivity index (χ3n) is 4.14. The van der Waals surface area contributed by atoms with E-state index in [1.165, 1.54) is 12.1 Å². The van der Waals surface area contributed by atoms with E-state index in [0.29, 0.717) is 25.2 Å². The summed E-state index contributed by atoms with van der Waals surface area (Å²) in [5, 5.41) is 20.2. The maximum absolute atomic E-state index is 11.5. The number of aromatic carboxylic acids is 1. The lowest BCUT2D eigenvalue weighted by molar-refractivity contribution is -0.384. The number of H-pyrrole nitrogens is 1.